The van der Waals surface area contributed by atoms with E-state index in [1.807, 2.05) is 0 Å². The molecule has 14 heavy (non-hydrogen) atoms. The summed E-state index contributed by atoms with van der Waals surface area (Å²) in [4.78, 5) is 9.67. The molecule has 0 fully saturated rings. The van der Waals surface area contributed by atoms with E-state index in [4.69, 9.17) is 23.2 Å². The molecule has 0 saturated heterocycles. The van der Waals surface area contributed by atoms with Crippen molar-refractivity contribution in [3.63, 3.8) is 0 Å². The maximum Gasteiger partial charge on any atom is 0.201 e. The molecule has 0 unspecified atom stereocenters. The molecule has 0 aromatic heterocycles. The normalized spacial score (nSPS) is 10.7. The van der Waals surface area contributed by atoms with Crippen molar-refractivity contribution in [1.29, 1.82) is 0 Å². The van der Waals surface area contributed by atoms with Crippen molar-refractivity contribution >= 4 is 44.9 Å². The smallest absolute Gasteiger partial charge is 0.201 e. The molecule has 0 atom stereocenters. The number of alkyl halides is 2. The zero-order valence-corrected chi connectivity index (χ0v) is 9.63. The molecule has 0 aliphatic carbocycles. The highest BCUT2D eigenvalue weighted by Gasteiger charge is 2.23. The van der Waals surface area contributed by atoms with Crippen LogP contribution in [0.3, 0.4) is 0 Å². The fraction of sp³-hybridized carbons (Fsp3) is 0.125. The van der Waals surface area contributed by atoms with Gasteiger partial charge < -0.3 is 0 Å². The summed E-state index contributed by atoms with van der Waals surface area (Å²) in [6.45, 7) is 0. The van der Waals surface area contributed by atoms with Crippen LogP contribution in [0.2, 0.25) is 0 Å². The van der Waals surface area contributed by atoms with Gasteiger partial charge in [0.15, 0.2) is 4.84 Å². The minimum Gasteiger partial charge on any atom is -0.291 e. The van der Waals surface area contributed by atoms with Crippen LogP contribution < -0.4 is 0 Å². The summed E-state index contributed by atoms with van der Waals surface area (Å²) < 4.78 is 26.4. The Bertz CT molecular complexity index is 359. The van der Waals surface area contributed by atoms with Gasteiger partial charge in [-0.2, -0.15) is 0 Å². The van der Waals surface area contributed by atoms with Crippen molar-refractivity contribution < 1.29 is 13.6 Å². The van der Waals surface area contributed by atoms with Crippen molar-refractivity contribution in [1.82, 2.24) is 0 Å². The summed E-state index contributed by atoms with van der Waals surface area (Å²) in [5.74, 6) is -2.97. The predicted octanol–water partition coefficient (Wildman–Crippen LogP) is 3.71. The number of ketones is 1. The fourth-order valence-corrected chi connectivity index (χ4v) is 1.51. The molecule has 1 aromatic carbocycles. The lowest BCUT2D eigenvalue weighted by molar-refractivity contribution is 0.0999. The average Bonchev–Trinajstić information content (AvgIpc) is 2.01. The third-order valence-corrected chi connectivity index (χ3v) is 2.31. The zero-order valence-electron chi connectivity index (χ0n) is 6.53. The molecule has 0 N–H and O–H groups in total. The van der Waals surface area contributed by atoms with Gasteiger partial charge in [-0.15, -0.1) is 0 Å². The summed E-state index contributed by atoms with van der Waals surface area (Å²) in [7, 11) is 0. The van der Waals surface area contributed by atoms with E-state index in [0.717, 1.165) is 12.1 Å². The quantitative estimate of drug-likeness (QED) is 0.601. The van der Waals surface area contributed by atoms with Crippen LogP contribution in [0.5, 0.6) is 0 Å². The molecule has 0 saturated carbocycles. The Morgan fingerprint density at radius 3 is 2.07 bits per heavy atom. The fourth-order valence-electron chi connectivity index (χ4n) is 0.887. The topological polar surface area (TPSA) is 17.1 Å². The van der Waals surface area contributed by atoms with Crippen LogP contribution in [0, 0.1) is 11.6 Å². The minimum absolute atomic E-state index is 0.199. The van der Waals surface area contributed by atoms with E-state index < -0.39 is 27.8 Å². The van der Waals surface area contributed by atoms with Crippen LogP contribution in [0.15, 0.2) is 16.6 Å². The molecular formula is C8H3BrCl2F2O. The summed E-state index contributed by atoms with van der Waals surface area (Å²) in [5.41, 5.74) is -0.719. The minimum atomic E-state index is -1.47. The maximum atomic E-state index is 13.1. The summed E-state index contributed by atoms with van der Waals surface area (Å²) >= 11 is 13.3. The lowest BCUT2D eigenvalue weighted by Gasteiger charge is -2.04. The third-order valence-electron chi connectivity index (χ3n) is 1.45. The van der Waals surface area contributed by atoms with Gasteiger partial charge in [0.05, 0.1) is 5.56 Å². The molecule has 1 rings (SSSR count). The number of carbonyl (C=O) groups is 1. The van der Waals surface area contributed by atoms with E-state index in [9.17, 15) is 13.6 Å². The molecule has 0 bridgehead atoms. The molecule has 1 aromatic rings. The number of hydrogen-bond acceptors (Lipinski definition) is 1. The van der Waals surface area contributed by atoms with Gasteiger partial charge in [-0.25, -0.2) is 8.78 Å². The zero-order chi connectivity index (χ0) is 10.9. The van der Waals surface area contributed by atoms with Gasteiger partial charge in [0.25, 0.3) is 0 Å². The second-order valence-corrected chi connectivity index (χ2v) is 4.42. The van der Waals surface area contributed by atoms with Crippen LogP contribution in [-0.2, 0) is 0 Å². The van der Waals surface area contributed by atoms with Crippen LogP contribution in [0.25, 0.3) is 0 Å². The Kier molecular flexibility index (Phi) is 3.86. The van der Waals surface area contributed by atoms with Gasteiger partial charge in [0, 0.05) is 4.47 Å². The van der Waals surface area contributed by atoms with Crippen LogP contribution in [-0.4, -0.2) is 10.6 Å². The lowest BCUT2D eigenvalue weighted by atomic mass is 10.1. The first-order valence-corrected chi connectivity index (χ1v) is 5.07. The van der Waals surface area contributed by atoms with E-state index >= 15 is 0 Å². The summed E-state index contributed by atoms with van der Waals surface area (Å²) in [5, 5.41) is 0. The number of Topliss-reactive ketones (excluding diaryl/α,β-unsaturated/α-hetero) is 1. The van der Waals surface area contributed by atoms with Crippen molar-refractivity contribution in [2.45, 2.75) is 4.84 Å². The standard InChI is InChI=1S/C8H3BrCl2F2O/c9-3-1-4(12)6(5(13)2-3)7(14)8(10)11/h1-2,8H. The molecule has 1 nitrogen and oxygen atoms in total. The van der Waals surface area contributed by atoms with Crippen LogP contribution in [0.1, 0.15) is 10.4 Å². The number of halogens is 5. The second-order valence-electron chi connectivity index (χ2n) is 2.41. The van der Waals surface area contributed by atoms with Crippen LogP contribution in [0.4, 0.5) is 8.78 Å². The molecule has 0 heterocycles. The lowest BCUT2D eigenvalue weighted by Crippen LogP contribution is -2.12. The Morgan fingerprint density at radius 2 is 1.71 bits per heavy atom. The monoisotopic (exact) mass is 302 g/mol. The number of rotatable bonds is 2. The Hall–Kier alpha value is -0.190. The van der Waals surface area contributed by atoms with Gasteiger partial charge in [-0.3, -0.25) is 4.79 Å². The summed E-state index contributed by atoms with van der Waals surface area (Å²) in [6.07, 6.45) is 0. The summed E-state index contributed by atoms with van der Waals surface area (Å²) in [6, 6.07) is 1.93. The number of benzene rings is 1. The molecular weight excluding hydrogens is 301 g/mol. The Balaban J connectivity index is 3.28. The average molecular weight is 304 g/mol. The van der Waals surface area contributed by atoms with E-state index in [1.54, 1.807) is 0 Å². The Labute approximate surface area is 97.1 Å². The molecule has 76 valence electrons. The highest BCUT2D eigenvalue weighted by atomic mass is 79.9. The number of carbonyl (C=O) groups excluding carboxylic acids is 1. The molecule has 6 heteroatoms. The molecule has 0 aliphatic rings. The maximum absolute atomic E-state index is 13.1. The van der Waals surface area contributed by atoms with Gasteiger partial charge in [-0.1, -0.05) is 39.1 Å². The molecule has 0 amide bonds. The first kappa shape index (κ1) is 11.9. The van der Waals surface area contributed by atoms with Crippen LogP contribution >= 0.6 is 39.1 Å². The largest absolute Gasteiger partial charge is 0.291 e. The van der Waals surface area contributed by atoms with Crippen molar-refractivity contribution in [2.75, 3.05) is 0 Å². The highest BCUT2D eigenvalue weighted by molar-refractivity contribution is 9.10. The van der Waals surface area contributed by atoms with Gasteiger partial charge in [0.1, 0.15) is 11.6 Å². The molecule has 0 spiro atoms. The van der Waals surface area contributed by atoms with Gasteiger partial charge in [-0.05, 0) is 12.1 Å². The SMILES string of the molecule is O=C(c1c(F)cc(Br)cc1F)C(Cl)Cl. The van der Waals surface area contributed by atoms with Crippen molar-refractivity contribution in [3.8, 4) is 0 Å². The number of hydrogen-bond donors (Lipinski definition) is 0. The first-order valence-electron chi connectivity index (χ1n) is 3.40. The van der Waals surface area contributed by atoms with Gasteiger partial charge >= 0.3 is 0 Å². The molecule has 0 aliphatic heterocycles. The second kappa shape index (κ2) is 4.55. The predicted molar refractivity (Wildman–Crippen MR) is 53.9 cm³/mol. The van der Waals surface area contributed by atoms with E-state index in [2.05, 4.69) is 15.9 Å². The third kappa shape index (κ3) is 2.43. The molecule has 0 radical (unpaired) electrons. The van der Waals surface area contributed by atoms with E-state index in [-0.39, 0.29) is 4.47 Å². The highest BCUT2D eigenvalue weighted by Crippen LogP contribution is 2.22. The first-order chi connectivity index (χ1) is 6.43. The van der Waals surface area contributed by atoms with E-state index in [0.29, 0.717) is 0 Å². The van der Waals surface area contributed by atoms with E-state index in [1.165, 1.54) is 0 Å². The van der Waals surface area contributed by atoms with Crippen molar-refractivity contribution in [2.24, 2.45) is 0 Å². The Morgan fingerprint density at radius 1 is 1.29 bits per heavy atom. The van der Waals surface area contributed by atoms with Crippen molar-refractivity contribution in [3.05, 3.63) is 33.8 Å². The van der Waals surface area contributed by atoms with Gasteiger partial charge in [0.2, 0.25) is 5.78 Å².